The van der Waals surface area contributed by atoms with Gasteiger partial charge in [-0.25, -0.2) is 14.4 Å². The number of alkyl halides is 3. The molecule has 0 saturated carbocycles. The van der Waals surface area contributed by atoms with E-state index in [-0.39, 0.29) is 23.8 Å². The third kappa shape index (κ3) is 11.3. The van der Waals surface area contributed by atoms with E-state index in [1.165, 1.54) is 54.4 Å². The van der Waals surface area contributed by atoms with Crippen molar-refractivity contribution in [2.45, 2.75) is 19.0 Å². The predicted molar refractivity (Wildman–Crippen MR) is 163 cm³/mol. The van der Waals surface area contributed by atoms with Gasteiger partial charge in [0.1, 0.15) is 17.2 Å². The molecule has 0 saturated heterocycles. The number of aromatic nitrogens is 2. The van der Waals surface area contributed by atoms with Crippen LogP contribution in [0.1, 0.15) is 50.5 Å². The van der Waals surface area contributed by atoms with E-state index < -0.39 is 17.6 Å². The lowest BCUT2D eigenvalue weighted by molar-refractivity contribution is -0.138. The topological polar surface area (TPSA) is 66.4 Å². The minimum absolute atomic E-state index is 0.144. The Morgan fingerprint density at radius 1 is 0.689 bits per heavy atom. The fourth-order valence-electron chi connectivity index (χ4n) is 3.77. The molecular formula is C35H30F4N4O2. The molecule has 2 aromatic heterocycles. The van der Waals surface area contributed by atoms with E-state index in [1.54, 1.807) is 42.5 Å². The van der Waals surface area contributed by atoms with Crippen molar-refractivity contribution in [2.75, 3.05) is 27.2 Å². The zero-order chi connectivity index (χ0) is 32.7. The minimum Gasteiger partial charge on any atom is -0.341 e. The maximum absolute atomic E-state index is 13.0. The second kappa shape index (κ2) is 17.0. The predicted octanol–water partition coefficient (Wildman–Crippen LogP) is 6.35. The Labute approximate surface area is 259 Å². The summed E-state index contributed by atoms with van der Waals surface area (Å²) in [7, 11) is 3.16. The number of nitrogens with zero attached hydrogens (tertiary/aromatic N) is 4. The molecular weight excluding hydrogens is 584 g/mol. The van der Waals surface area contributed by atoms with Gasteiger partial charge in [0.2, 0.25) is 0 Å². The summed E-state index contributed by atoms with van der Waals surface area (Å²) in [6, 6.07) is 21.2. The Morgan fingerprint density at radius 2 is 1.18 bits per heavy atom. The normalized spacial score (nSPS) is 10.2. The van der Waals surface area contributed by atoms with Gasteiger partial charge in [-0.1, -0.05) is 36.1 Å². The SMILES string of the molecule is CN(CCC#Cc1ccccn1)C(=O)c1ccc(F)cc1.CN(CCC#Cc1ccccn1)C(=O)c1ccccc1C(F)(F)F. The Morgan fingerprint density at radius 3 is 1.67 bits per heavy atom. The van der Waals surface area contributed by atoms with Gasteiger partial charge in [-0.2, -0.15) is 13.2 Å². The highest BCUT2D eigenvalue weighted by Gasteiger charge is 2.35. The summed E-state index contributed by atoms with van der Waals surface area (Å²) in [5.74, 6) is 10.4. The molecule has 2 heterocycles. The summed E-state index contributed by atoms with van der Waals surface area (Å²) < 4.78 is 51.7. The van der Waals surface area contributed by atoms with E-state index in [2.05, 4.69) is 33.6 Å². The van der Waals surface area contributed by atoms with Crippen molar-refractivity contribution < 1.29 is 27.2 Å². The van der Waals surface area contributed by atoms with Crippen LogP contribution in [0.25, 0.3) is 0 Å². The number of hydrogen-bond donors (Lipinski definition) is 0. The zero-order valence-corrected chi connectivity index (χ0v) is 24.7. The molecule has 0 unspecified atom stereocenters. The number of rotatable bonds is 6. The van der Waals surface area contributed by atoms with Gasteiger partial charge in [-0.05, 0) is 72.5 Å². The number of pyridine rings is 2. The quantitative estimate of drug-likeness (QED) is 0.188. The summed E-state index contributed by atoms with van der Waals surface area (Å²) in [6.07, 6.45) is -0.360. The molecule has 0 bridgehead atoms. The molecule has 4 rings (SSSR count). The molecule has 0 atom stereocenters. The maximum Gasteiger partial charge on any atom is 0.417 e. The molecule has 4 aromatic rings. The first kappa shape index (κ1) is 34.0. The van der Waals surface area contributed by atoms with Crippen LogP contribution in [0.15, 0.2) is 97.3 Å². The first-order valence-corrected chi connectivity index (χ1v) is 13.8. The van der Waals surface area contributed by atoms with E-state index in [0.717, 1.165) is 6.07 Å². The molecule has 0 aliphatic rings. The molecule has 45 heavy (non-hydrogen) atoms. The third-order valence-corrected chi connectivity index (χ3v) is 6.15. The van der Waals surface area contributed by atoms with Gasteiger partial charge in [0.05, 0.1) is 11.1 Å². The number of hydrogen-bond acceptors (Lipinski definition) is 4. The standard InChI is InChI=1S/C18H15F3N2O.C17H15FN2O/c1-23(13-7-5-9-14-8-4-6-12-22-14)17(24)15-10-2-3-11-16(15)18(19,20)21;1-20(17(21)14-8-10-15(18)11-9-14)13-5-3-7-16-6-2-4-12-19-16/h2-4,6,8,10-12H,7,13H2,1H3;2,4,6,8-12H,5,13H2,1H3. The van der Waals surface area contributed by atoms with Crippen molar-refractivity contribution in [1.82, 2.24) is 19.8 Å². The van der Waals surface area contributed by atoms with E-state index in [9.17, 15) is 27.2 Å². The van der Waals surface area contributed by atoms with E-state index >= 15 is 0 Å². The fourth-order valence-corrected chi connectivity index (χ4v) is 3.77. The van der Waals surface area contributed by atoms with Crippen LogP contribution in [0.4, 0.5) is 17.6 Å². The average Bonchev–Trinajstić information content (AvgIpc) is 3.05. The molecule has 0 fully saturated rings. The highest BCUT2D eigenvalue weighted by atomic mass is 19.4. The van der Waals surface area contributed by atoms with Gasteiger partial charge in [-0.3, -0.25) is 9.59 Å². The summed E-state index contributed by atoms with van der Waals surface area (Å²) in [5, 5.41) is 0. The van der Waals surface area contributed by atoms with Crippen LogP contribution in [0.5, 0.6) is 0 Å². The van der Waals surface area contributed by atoms with Crippen LogP contribution < -0.4 is 0 Å². The van der Waals surface area contributed by atoms with Crippen molar-refractivity contribution in [2.24, 2.45) is 0 Å². The van der Waals surface area contributed by atoms with Gasteiger partial charge in [0.25, 0.3) is 11.8 Å². The highest BCUT2D eigenvalue weighted by molar-refractivity contribution is 5.95. The van der Waals surface area contributed by atoms with Gasteiger partial charge >= 0.3 is 6.18 Å². The molecule has 0 aliphatic carbocycles. The molecule has 0 aliphatic heterocycles. The fraction of sp³-hybridized carbons (Fsp3) is 0.200. The minimum atomic E-state index is -4.56. The van der Waals surface area contributed by atoms with E-state index in [4.69, 9.17) is 0 Å². The van der Waals surface area contributed by atoms with Crippen molar-refractivity contribution >= 4 is 11.8 Å². The Hall–Kier alpha value is -5.48. The molecule has 10 heteroatoms. The second-order valence-corrected chi connectivity index (χ2v) is 9.54. The molecule has 0 radical (unpaired) electrons. The summed E-state index contributed by atoms with van der Waals surface area (Å²) in [5.41, 5.74) is 0.502. The van der Waals surface area contributed by atoms with Crippen molar-refractivity contribution in [3.05, 3.63) is 131 Å². The lowest BCUT2D eigenvalue weighted by Crippen LogP contribution is -2.29. The van der Waals surface area contributed by atoms with Crippen LogP contribution in [-0.4, -0.2) is 58.8 Å². The molecule has 2 amide bonds. The zero-order valence-electron chi connectivity index (χ0n) is 24.7. The highest BCUT2D eigenvalue weighted by Crippen LogP contribution is 2.32. The van der Waals surface area contributed by atoms with Crippen LogP contribution in [0.3, 0.4) is 0 Å². The molecule has 0 spiro atoms. The van der Waals surface area contributed by atoms with Crippen LogP contribution >= 0.6 is 0 Å². The van der Waals surface area contributed by atoms with Crippen molar-refractivity contribution in [3.63, 3.8) is 0 Å². The van der Waals surface area contributed by atoms with Crippen molar-refractivity contribution in [3.8, 4) is 23.7 Å². The van der Waals surface area contributed by atoms with Gasteiger partial charge in [0.15, 0.2) is 0 Å². The van der Waals surface area contributed by atoms with Crippen LogP contribution in [0.2, 0.25) is 0 Å². The first-order chi connectivity index (χ1) is 21.6. The van der Waals surface area contributed by atoms with Gasteiger partial charge < -0.3 is 9.80 Å². The average molecular weight is 615 g/mol. The summed E-state index contributed by atoms with van der Waals surface area (Å²) >= 11 is 0. The second-order valence-electron chi connectivity index (χ2n) is 9.54. The van der Waals surface area contributed by atoms with Gasteiger partial charge in [0, 0.05) is 58.0 Å². The number of carbonyl (C=O) groups excluding carboxylic acids is 2. The number of amides is 2. The lowest BCUT2D eigenvalue weighted by Gasteiger charge is -2.19. The summed E-state index contributed by atoms with van der Waals surface area (Å²) in [4.78, 5) is 35.2. The van der Waals surface area contributed by atoms with E-state index in [0.29, 0.717) is 36.3 Å². The monoisotopic (exact) mass is 614 g/mol. The largest absolute Gasteiger partial charge is 0.417 e. The van der Waals surface area contributed by atoms with E-state index in [1.807, 2.05) is 18.2 Å². The Bertz CT molecular complexity index is 1670. The molecule has 6 nitrogen and oxygen atoms in total. The Balaban J connectivity index is 0.000000248. The van der Waals surface area contributed by atoms with Gasteiger partial charge in [-0.15, -0.1) is 0 Å². The van der Waals surface area contributed by atoms with Crippen LogP contribution in [-0.2, 0) is 6.18 Å². The number of benzene rings is 2. The molecule has 2 aromatic carbocycles. The first-order valence-electron chi connectivity index (χ1n) is 13.8. The van der Waals surface area contributed by atoms with Crippen molar-refractivity contribution in [1.29, 1.82) is 0 Å². The summed E-state index contributed by atoms with van der Waals surface area (Å²) in [6.45, 7) is 0.737. The Kier molecular flexibility index (Phi) is 12.8. The molecule has 230 valence electrons. The maximum atomic E-state index is 13.0. The number of halogens is 4. The number of carbonyl (C=O) groups is 2. The third-order valence-electron chi connectivity index (χ3n) is 6.15. The molecule has 0 N–H and O–H groups in total. The lowest BCUT2D eigenvalue weighted by atomic mass is 10.1. The smallest absolute Gasteiger partial charge is 0.341 e. The van der Waals surface area contributed by atoms with Crippen LogP contribution in [0, 0.1) is 29.5 Å².